The maximum atomic E-state index is 12.3. The van der Waals surface area contributed by atoms with Gasteiger partial charge in [0.2, 0.25) is 0 Å². The molecule has 0 bridgehead atoms. The highest BCUT2D eigenvalue weighted by atomic mass is 32.1. The van der Waals surface area contributed by atoms with Gasteiger partial charge in [0.25, 0.3) is 5.91 Å². The van der Waals surface area contributed by atoms with Crippen LogP contribution in [0.3, 0.4) is 0 Å². The van der Waals surface area contributed by atoms with E-state index >= 15 is 0 Å². The molecule has 1 fully saturated rings. The van der Waals surface area contributed by atoms with E-state index in [1.165, 1.54) is 11.3 Å². The van der Waals surface area contributed by atoms with Crippen molar-refractivity contribution in [2.75, 3.05) is 0 Å². The van der Waals surface area contributed by atoms with Gasteiger partial charge < -0.3 is 16.3 Å². The molecule has 0 atom stereocenters. The molecule has 0 spiro atoms. The molecule has 6 nitrogen and oxygen atoms in total. The lowest BCUT2D eigenvalue weighted by Gasteiger charge is -2.32. The fraction of sp³-hybridized carbons (Fsp3) is 0.615. The standard InChI is InChI=1S/C13H20N4O2S/c1-9-15-8-10(20-9)11(18)16-13(12(14)17-19)6-4-2-3-5-7-13/h8,19H,2-7H2,1H3,(H2,14,17)(H,16,18). The van der Waals surface area contributed by atoms with Gasteiger partial charge in [0.05, 0.1) is 11.2 Å². The molecule has 0 radical (unpaired) electrons. The minimum absolute atomic E-state index is 0.0917. The fourth-order valence-corrected chi connectivity index (χ4v) is 3.29. The Morgan fingerprint density at radius 1 is 1.45 bits per heavy atom. The molecule has 20 heavy (non-hydrogen) atoms. The minimum atomic E-state index is -0.736. The van der Waals surface area contributed by atoms with Gasteiger partial charge in [0.15, 0.2) is 5.84 Å². The summed E-state index contributed by atoms with van der Waals surface area (Å²) in [5, 5.41) is 16.0. The first-order chi connectivity index (χ1) is 9.57. The number of nitrogens with zero attached hydrogens (tertiary/aromatic N) is 2. The Bertz CT molecular complexity index is 504. The molecule has 1 aliphatic rings. The summed E-state index contributed by atoms with van der Waals surface area (Å²) in [6, 6.07) is 0. The van der Waals surface area contributed by atoms with Crippen LogP contribution in [0.4, 0.5) is 0 Å². The maximum absolute atomic E-state index is 12.3. The molecule has 1 heterocycles. The number of carbonyl (C=O) groups excluding carboxylic acids is 1. The van der Waals surface area contributed by atoms with Crippen LogP contribution < -0.4 is 11.1 Å². The summed E-state index contributed by atoms with van der Waals surface area (Å²) in [7, 11) is 0. The molecule has 1 amide bonds. The predicted molar refractivity (Wildman–Crippen MR) is 78.2 cm³/mol. The van der Waals surface area contributed by atoms with Crippen LogP contribution in [0.2, 0.25) is 0 Å². The number of hydrogen-bond donors (Lipinski definition) is 3. The zero-order chi connectivity index (χ0) is 14.6. The first kappa shape index (κ1) is 14.8. The Kier molecular flexibility index (Phi) is 4.59. The third-order valence-corrected chi connectivity index (χ3v) is 4.66. The number of aromatic nitrogens is 1. The average molecular weight is 296 g/mol. The van der Waals surface area contributed by atoms with Gasteiger partial charge in [-0.25, -0.2) is 4.98 Å². The molecule has 0 unspecified atom stereocenters. The number of oxime groups is 1. The Hall–Kier alpha value is -1.63. The normalized spacial score (nSPS) is 19.4. The van der Waals surface area contributed by atoms with Gasteiger partial charge in [-0.05, 0) is 19.8 Å². The van der Waals surface area contributed by atoms with Crippen molar-refractivity contribution in [3.8, 4) is 0 Å². The van der Waals surface area contributed by atoms with E-state index in [-0.39, 0.29) is 11.7 Å². The summed E-state index contributed by atoms with van der Waals surface area (Å²) in [4.78, 5) is 17.0. The topological polar surface area (TPSA) is 101 Å². The smallest absolute Gasteiger partial charge is 0.263 e. The number of nitrogens with two attached hydrogens (primary N) is 1. The van der Waals surface area contributed by atoms with E-state index in [1.807, 2.05) is 6.92 Å². The Labute approximate surface area is 122 Å². The third kappa shape index (κ3) is 3.09. The van der Waals surface area contributed by atoms with Gasteiger partial charge >= 0.3 is 0 Å². The molecule has 1 aromatic heterocycles. The molecule has 0 aromatic carbocycles. The number of aryl methyl sites for hydroxylation is 1. The second kappa shape index (κ2) is 6.21. The lowest BCUT2D eigenvalue weighted by molar-refractivity contribution is 0.0919. The monoisotopic (exact) mass is 296 g/mol. The largest absolute Gasteiger partial charge is 0.409 e. The summed E-state index contributed by atoms with van der Waals surface area (Å²) in [5.41, 5.74) is 5.12. The predicted octanol–water partition coefficient (Wildman–Crippen LogP) is 2.02. The summed E-state index contributed by atoms with van der Waals surface area (Å²) in [5.74, 6) is -0.113. The van der Waals surface area contributed by atoms with Crippen LogP contribution in [0.15, 0.2) is 11.4 Å². The lowest BCUT2D eigenvalue weighted by atomic mass is 9.88. The van der Waals surface area contributed by atoms with Crippen molar-refractivity contribution >= 4 is 23.1 Å². The van der Waals surface area contributed by atoms with Crippen molar-refractivity contribution in [3.63, 3.8) is 0 Å². The molecule has 0 saturated heterocycles. The molecule has 2 rings (SSSR count). The zero-order valence-corrected chi connectivity index (χ0v) is 12.4. The molecule has 7 heteroatoms. The maximum Gasteiger partial charge on any atom is 0.263 e. The number of carbonyl (C=O) groups is 1. The van der Waals surface area contributed by atoms with E-state index in [0.29, 0.717) is 17.7 Å². The van der Waals surface area contributed by atoms with Gasteiger partial charge in [-0.1, -0.05) is 30.8 Å². The number of nitrogens with one attached hydrogen (secondary N) is 1. The van der Waals surface area contributed by atoms with E-state index in [2.05, 4.69) is 15.5 Å². The lowest BCUT2D eigenvalue weighted by Crippen LogP contribution is -2.57. The molecule has 110 valence electrons. The highest BCUT2D eigenvalue weighted by Crippen LogP contribution is 2.28. The van der Waals surface area contributed by atoms with Crippen molar-refractivity contribution < 1.29 is 10.0 Å². The van der Waals surface area contributed by atoms with Crippen LogP contribution in [0.5, 0.6) is 0 Å². The average Bonchev–Trinajstić information content (AvgIpc) is 2.74. The Morgan fingerprint density at radius 3 is 2.60 bits per heavy atom. The minimum Gasteiger partial charge on any atom is -0.409 e. The third-order valence-electron chi connectivity index (χ3n) is 3.75. The number of rotatable bonds is 3. The van der Waals surface area contributed by atoms with Gasteiger partial charge in [-0.3, -0.25) is 4.79 Å². The van der Waals surface area contributed by atoms with E-state index in [0.717, 1.165) is 30.7 Å². The quantitative estimate of drug-likeness (QED) is 0.261. The number of amidine groups is 1. The summed E-state index contributed by atoms with van der Waals surface area (Å²) in [6.07, 6.45) is 7.09. The van der Waals surface area contributed by atoms with Crippen molar-refractivity contribution in [2.45, 2.75) is 51.0 Å². The van der Waals surface area contributed by atoms with Gasteiger partial charge in [-0.15, -0.1) is 11.3 Å². The summed E-state index contributed by atoms with van der Waals surface area (Å²) in [6.45, 7) is 1.85. The van der Waals surface area contributed by atoms with Crippen LogP contribution >= 0.6 is 11.3 Å². The molecule has 1 aliphatic carbocycles. The van der Waals surface area contributed by atoms with Crippen molar-refractivity contribution in [3.05, 3.63) is 16.1 Å². The van der Waals surface area contributed by atoms with Gasteiger partial charge in [0, 0.05) is 0 Å². The van der Waals surface area contributed by atoms with Crippen LogP contribution in [0, 0.1) is 6.92 Å². The van der Waals surface area contributed by atoms with E-state index in [4.69, 9.17) is 10.9 Å². The molecular formula is C13H20N4O2S. The Morgan fingerprint density at radius 2 is 2.10 bits per heavy atom. The Balaban J connectivity index is 2.21. The molecule has 1 aromatic rings. The SMILES string of the molecule is Cc1ncc(C(=O)NC2(/C(N)=N/O)CCCCCC2)s1. The van der Waals surface area contributed by atoms with Gasteiger partial charge in [0.1, 0.15) is 10.4 Å². The van der Waals surface area contributed by atoms with Crippen molar-refractivity contribution in [2.24, 2.45) is 10.9 Å². The molecular weight excluding hydrogens is 276 g/mol. The van der Waals surface area contributed by atoms with Crippen molar-refractivity contribution in [1.29, 1.82) is 0 Å². The van der Waals surface area contributed by atoms with Crippen LogP contribution in [0.1, 0.15) is 53.2 Å². The number of thiazole rings is 1. The molecule has 0 aliphatic heterocycles. The first-order valence-electron chi connectivity index (χ1n) is 6.80. The van der Waals surface area contributed by atoms with E-state index in [1.54, 1.807) is 6.20 Å². The first-order valence-corrected chi connectivity index (χ1v) is 7.62. The fourth-order valence-electron chi connectivity index (χ4n) is 2.62. The van der Waals surface area contributed by atoms with Crippen LogP contribution in [0.25, 0.3) is 0 Å². The second-order valence-electron chi connectivity index (χ2n) is 5.18. The molecule has 4 N–H and O–H groups in total. The van der Waals surface area contributed by atoms with Crippen LogP contribution in [-0.4, -0.2) is 27.5 Å². The summed E-state index contributed by atoms with van der Waals surface area (Å²) < 4.78 is 0. The highest BCUT2D eigenvalue weighted by molar-refractivity contribution is 7.13. The number of amides is 1. The van der Waals surface area contributed by atoms with Gasteiger partial charge in [-0.2, -0.15) is 0 Å². The number of hydrogen-bond acceptors (Lipinski definition) is 5. The highest BCUT2D eigenvalue weighted by Gasteiger charge is 2.37. The van der Waals surface area contributed by atoms with Crippen LogP contribution in [-0.2, 0) is 0 Å². The molecule has 1 saturated carbocycles. The zero-order valence-electron chi connectivity index (χ0n) is 11.6. The summed E-state index contributed by atoms with van der Waals surface area (Å²) >= 11 is 1.34. The van der Waals surface area contributed by atoms with Crippen molar-refractivity contribution in [1.82, 2.24) is 10.3 Å². The van der Waals surface area contributed by atoms with E-state index in [9.17, 15) is 4.79 Å². The second-order valence-corrected chi connectivity index (χ2v) is 6.41. The van der Waals surface area contributed by atoms with E-state index < -0.39 is 5.54 Å².